The lowest BCUT2D eigenvalue weighted by Gasteiger charge is -2.07. The van der Waals surface area contributed by atoms with Crippen LogP contribution < -0.4 is 0 Å². The summed E-state index contributed by atoms with van der Waals surface area (Å²) in [6.45, 7) is 5.56. The second-order valence-corrected chi connectivity index (χ2v) is 6.37. The van der Waals surface area contributed by atoms with Crippen LogP contribution in [0.1, 0.15) is 33.1 Å². The third-order valence-corrected chi connectivity index (χ3v) is 4.21. The molecule has 3 aromatic heterocycles. The predicted molar refractivity (Wildman–Crippen MR) is 97.1 cm³/mol. The van der Waals surface area contributed by atoms with E-state index in [1.54, 1.807) is 26.0 Å². The van der Waals surface area contributed by atoms with Gasteiger partial charge in [0.05, 0.1) is 22.3 Å². The number of ether oxygens (including phenoxy) is 1. The van der Waals surface area contributed by atoms with Crippen LogP contribution in [0, 0.1) is 20.8 Å². The van der Waals surface area contributed by atoms with Crippen LogP contribution in [0.5, 0.6) is 0 Å². The largest absolute Gasteiger partial charge is 0.455 e. The third kappa shape index (κ3) is 3.31. The maximum absolute atomic E-state index is 12.7. The summed E-state index contributed by atoms with van der Waals surface area (Å²) >= 11 is 0. The second-order valence-electron chi connectivity index (χ2n) is 6.37. The molecular formula is C20H17N3O4. The predicted octanol–water partition coefficient (Wildman–Crippen LogP) is 4.16. The second kappa shape index (κ2) is 6.68. The Hall–Kier alpha value is -3.48. The standard InChI is InChI=1S/C20H17N3O4/c1-11-4-6-14(7-5-11)17-9-16(18-13(3)22-27-19(18)21-17)20(24)25-10-15-8-12(2)26-23-15/h4-9H,10H2,1-3H3. The normalized spacial score (nSPS) is 11.1. The summed E-state index contributed by atoms with van der Waals surface area (Å²) in [4.78, 5) is 17.2. The molecule has 7 nitrogen and oxygen atoms in total. The number of hydrogen-bond donors (Lipinski definition) is 0. The maximum Gasteiger partial charge on any atom is 0.339 e. The highest BCUT2D eigenvalue weighted by Gasteiger charge is 2.21. The highest BCUT2D eigenvalue weighted by molar-refractivity contribution is 6.04. The average molecular weight is 363 g/mol. The number of rotatable bonds is 4. The zero-order valence-corrected chi connectivity index (χ0v) is 15.1. The molecule has 4 aromatic rings. The van der Waals surface area contributed by atoms with Gasteiger partial charge < -0.3 is 13.8 Å². The van der Waals surface area contributed by atoms with Crippen molar-refractivity contribution in [3.8, 4) is 11.3 Å². The summed E-state index contributed by atoms with van der Waals surface area (Å²) in [7, 11) is 0. The van der Waals surface area contributed by atoms with E-state index < -0.39 is 5.97 Å². The van der Waals surface area contributed by atoms with Gasteiger partial charge in [-0.05, 0) is 26.8 Å². The van der Waals surface area contributed by atoms with Gasteiger partial charge in [-0.25, -0.2) is 9.78 Å². The average Bonchev–Trinajstić information content (AvgIpc) is 3.25. The molecule has 3 heterocycles. The first kappa shape index (κ1) is 17.0. The molecule has 136 valence electrons. The summed E-state index contributed by atoms with van der Waals surface area (Å²) in [5.74, 6) is 0.159. The molecule has 0 bridgehead atoms. The number of nitrogens with zero attached hydrogens (tertiary/aromatic N) is 3. The number of benzene rings is 1. The molecule has 0 spiro atoms. The van der Waals surface area contributed by atoms with E-state index in [1.165, 1.54) is 0 Å². The van der Waals surface area contributed by atoms with Gasteiger partial charge >= 0.3 is 5.97 Å². The number of aryl methyl sites for hydroxylation is 3. The van der Waals surface area contributed by atoms with Crippen molar-refractivity contribution in [1.29, 1.82) is 0 Å². The van der Waals surface area contributed by atoms with Gasteiger partial charge in [0, 0.05) is 11.6 Å². The molecule has 4 rings (SSSR count). The minimum absolute atomic E-state index is 0.0180. The first-order valence-electron chi connectivity index (χ1n) is 8.44. The summed E-state index contributed by atoms with van der Waals surface area (Å²) in [6, 6.07) is 11.3. The van der Waals surface area contributed by atoms with Gasteiger partial charge in [0.15, 0.2) is 0 Å². The number of pyridine rings is 1. The monoisotopic (exact) mass is 363 g/mol. The van der Waals surface area contributed by atoms with Crippen molar-refractivity contribution in [1.82, 2.24) is 15.3 Å². The molecule has 27 heavy (non-hydrogen) atoms. The number of carbonyl (C=O) groups is 1. The van der Waals surface area contributed by atoms with E-state index >= 15 is 0 Å². The van der Waals surface area contributed by atoms with Crippen LogP contribution in [-0.2, 0) is 11.3 Å². The van der Waals surface area contributed by atoms with Crippen LogP contribution in [-0.4, -0.2) is 21.3 Å². The van der Waals surface area contributed by atoms with E-state index in [0.717, 1.165) is 11.1 Å². The van der Waals surface area contributed by atoms with E-state index in [-0.39, 0.29) is 6.61 Å². The summed E-state index contributed by atoms with van der Waals surface area (Å²) in [6.07, 6.45) is 0. The van der Waals surface area contributed by atoms with E-state index in [1.807, 2.05) is 31.2 Å². The number of hydrogen-bond acceptors (Lipinski definition) is 7. The SMILES string of the molecule is Cc1ccc(-c2cc(C(=O)OCc3cc(C)on3)c3c(C)noc3n2)cc1. The molecule has 0 radical (unpaired) electrons. The Bertz CT molecular complexity index is 1130. The van der Waals surface area contributed by atoms with E-state index in [4.69, 9.17) is 13.8 Å². The fourth-order valence-electron chi connectivity index (χ4n) is 2.83. The molecule has 7 heteroatoms. The highest BCUT2D eigenvalue weighted by atomic mass is 16.5. The van der Waals surface area contributed by atoms with Crippen LogP contribution in [0.25, 0.3) is 22.4 Å². The fourth-order valence-corrected chi connectivity index (χ4v) is 2.83. The zero-order chi connectivity index (χ0) is 19.0. The molecule has 0 N–H and O–H groups in total. The summed E-state index contributed by atoms with van der Waals surface area (Å²) in [5, 5.41) is 8.31. The van der Waals surface area contributed by atoms with E-state index in [0.29, 0.717) is 39.5 Å². The Balaban J connectivity index is 1.72. The number of fused-ring (bicyclic) bond motifs is 1. The molecule has 0 aliphatic heterocycles. The lowest BCUT2D eigenvalue weighted by Crippen LogP contribution is -2.07. The molecule has 0 saturated carbocycles. The highest BCUT2D eigenvalue weighted by Crippen LogP contribution is 2.28. The molecule has 0 saturated heterocycles. The zero-order valence-electron chi connectivity index (χ0n) is 15.1. The van der Waals surface area contributed by atoms with Gasteiger partial charge in [-0.3, -0.25) is 0 Å². The molecule has 0 unspecified atom stereocenters. The van der Waals surface area contributed by atoms with Crippen molar-refractivity contribution in [3.63, 3.8) is 0 Å². The molecule has 0 aliphatic rings. The number of carbonyl (C=O) groups excluding carboxylic acids is 1. The van der Waals surface area contributed by atoms with Gasteiger partial charge in [-0.1, -0.05) is 40.1 Å². The van der Waals surface area contributed by atoms with Crippen molar-refractivity contribution < 1.29 is 18.6 Å². The third-order valence-electron chi connectivity index (χ3n) is 4.21. The molecular weight excluding hydrogens is 346 g/mol. The molecule has 0 fully saturated rings. The molecule has 1 aromatic carbocycles. The Labute approximate surface area is 154 Å². The van der Waals surface area contributed by atoms with Gasteiger partial charge in [0.25, 0.3) is 5.71 Å². The molecule has 0 atom stereocenters. The van der Waals surface area contributed by atoms with Crippen LogP contribution >= 0.6 is 0 Å². The van der Waals surface area contributed by atoms with E-state index in [9.17, 15) is 4.79 Å². The van der Waals surface area contributed by atoms with Gasteiger partial charge in [0.1, 0.15) is 18.1 Å². The van der Waals surface area contributed by atoms with Crippen molar-refractivity contribution in [2.45, 2.75) is 27.4 Å². The topological polar surface area (TPSA) is 91.2 Å². The Morgan fingerprint density at radius 3 is 2.52 bits per heavy atom. The maximum atomic E-state index is 12.7. The van der Waals surface area contributed by atoms with Gasteiger partial charge in [-0.2, -0.15) is 0 Å². The lowest BCUT2D eigenvalue weighted by molar-refractivity contribution is 0.0466. The smallest absolute Gasteiger partial charge is 0.339 e. The number of aromatic nitrogens is 3. The fraction of sp³-hybridized carbons (Fsp3) is 0.200. The Morgan fingerprint density at radius 2 is 1.81 bits per heavy atom. The summed E-state index contributed by atoms with van der Waals surface area (Å²) < 4.78 is 15.7. The molecule has 0 amide bonds. The van der Waals surface area contributed by atoms with E-state index in [2.05, 4.69) is 15.3 Å². The van der Waals surface area contributed by atoms with Gasteiger partial charge in [0.2, 0.25) is 0 Å². The van der Waals surface area contributed by atoms with Crippen LogP contribution in [0.4, 0.5) is 0 Å². The van der Waals surface area contributed by atoms with Crippen LogP contribution in [0.3, 0.4) is 0 Å². The van der Waals surface area contributed by atoms with Gasteiger partial charge in [-0.15, -0.1) is 0 Å². The van der Waals surface area contributed by atoms with Crippen LogP contribution in [0.2, 0.25) is 0 Å². The Morgan fingerprint density at radius 1 is 1.04 bits per heavy atom. The van der Waals surface area contributed by atoms with Crippen molar-refractivity contribution in [2.75, 3.05) is 0 Å². The Kier molecular flexibility index (Phi) is 4.19. The minimum Gasteiger partial charge on any atom is -0.455 e. The quantitative estimate of drug-likeness (QED) is 0.503. The van der Waals surface area contributed by atoms with Crippen molar-refractivity contribution in [2.24, 2.45) is 0 Å². The van der Waals surface area contributed by atoms with Crippen molar-refractivity contribution >= 4 is 17.1 Å². The minimum atomic E-state index is -0.497. The van der Waals surface area contributed by atoms with Crippen LogP contribution in [0.15, 0.2) is 45.4 Å². The number of esters is 1. The van der Waals surface area contributed by atoms with Crippen molar-refractivity contribution in [3.05, 3.63) is 64.7 Å². The first-order valence-corrected chi connectivity index (χ1v) is 8.44. The lowest BCUT2D eigenvalue weighted by atomic mass is 10.0. The molecule has 0 aliphatic carbocycles. The summed E-state index contributed by atoms with van der Waals surface area (Å²) in [5.41, 5.74) is 4.41. The first-order chi connectivity index (χ1) is 13.0.